The van der Waals surface area contributed by atoms with Gasteiger partial charge in [0, 0.05) is 13.1 Å². The molecule has 21 heavy (non-hydrogen) atoms. The van der Waals surface area contributed by atoms with Crippen molar-refractivity contribution in [2.45, 2.75) is 19.3 Å². The van der Waals surface area contributed by atoms with Gasteiger partial charge < -0.3 is 22.1 Å². The molecule has 1 aliphatic heterocycles. The number of aliphatic imine (C=N–C) groups is 2. The average Bonchev–Trinajstić information content (AvgIpc) is 2.47. The van der Waals surface area contributed by atoms with Crippen molar-refractivity contribution in [1.82, 2.24) is 0 Å². The largest absolute Gasteiger partial charge is 0.370 e. The second-order valence-corrected chi connectivity index (χ2v) is 4.87. The summed E-state index contributed by atoms with van der Waals surface area (Å²) in [6.07, 6.45) is 3.53. The molecule has 0 aliphatic carbocycles. The maximum Gasteiger partial charge on any atom is 0.223 e. The Morgan fingerprint density at radius 1 is 1.14 bits per heavy atom. The monoisotopic (exact) mass is 285 g/mol. The number of hydrogen-bond donors (Lipinski definition) is 3. The van der Waals surface area contributed by atoms with Crippen molar-refractivity contribution in [3.8, 4) is 6.07 Å². The van der Waals surface area contributed by atoms with Gasteiger partial charge in [0.25, 0.3) is 0 Å². The Morgan fingerprint density at radius 3 is 2.48 bits per heavy atom. The van der Waals surface area contributed by atoms with Gasteiger partial charge in [0.2, 0.25) is 5.96 Å². The zero-order valence-corrected chi connectivity index (χ0v) is 11.8. The molecule has 1 aromatic rings. The van der Waals surface area contributed by atoms with Gasteiger partial charge in [-0.15, -0.1) is 0 Å². The summed E-state index contributed by atoms with van der Waals surface area (Å²) in [6, 6.07) is 7.46. The molecule has 0 aromatic heterocycles. The molecule has 1 aliphatic rings. The molecule has 1 aromatic carbocycles. The smallest absolute Gasteiger partial charge is 0.223 e. The number of nitriles is 1. The molecular weight excluding hydrogens is 266 g/mol. The maximum atomic E-state index is 9.03. The third-order valence-electron chi connectivity index (χ3n) is 3.28. The second kappa shape index (κ2) is 6.61. The highest BCUT2D eigenvalue weighted by Gasteiger charge is 2.15. The van der Waals surface area contributed by atoms with E-state index in [1.165, 1.54) is 6.42 Å². The minimum atomic E-state index is -0.146. The normalized spacial score (nSPS) is 15.4. The standard InChI is InChI=1S/C14H19N7/c15-9-10-4-5-12(21-6-2-1-3-7-21)11(8-10)19-14(18)20-13(16)17/h4-5,8H,1-3,6-7H2,(H6,16,17,18,19,20). The van der Waals surface area contributed by atoms with Crippen molar-refractivity contribution in [3.05, 3.63) is 23.8 Å². The van der Waals surface area contributed by atoms with Crippen LogP contribution in [0.1, 0.15) is 24.8 Å². The number of nitrogens with zero attached hydrogens (tertiary/aromatic N) is 4. The van der Waals surface area contributed by atoms with Crippen molar-refractivity contribution in [3.63, 3.8) is 0 Å². The highest BCUT2D eigenvalue weighted by atomic mass is 15.2. The van der Waals surface area contributed by atoms with Crippen molar-refractivity contribution >= 4 is 23.3 Å². The van der Waals surface area contributed by atoms with Crippen LogP contribution in [-0.4, -0.2) is 25.0 Å². The molecular formula is C14H19N7. The third kappa shape index (κ3) is 3.86. The third-order valence-corrected chi connectivity index (χ3v) is 3.28. The molecule has 0 unspecified atom stereocenters. The van der Waals surface area contributed by atoms with Gasteiger partial charge in [0.15, 0.2) is 5.96 Å². The minimum Gasteiger partial charge on any atom is -0.370 e. The number of piperidine rings is 1. The molecule has 1 fully saturated rings. The zero-order valence-electron chi connectivity index (χ0n) is 11.8. The van der Waals surface area contributed by atoms with Crippen LogP contribution in [0.5, 0.6) is 0 Å². The summed E-state index contributed by atoms with van der Waals surface area (Å²) in [5, 5.41) is 9.03. The van der Waals surface area contributed by atoms with Crippen molar-refractivity contribution in [2.24, 2.45) is 27.2 Å². The first-order valence-corrected chi connectivity index (χ1v) is 6.83. The van der Waals surface area contributed by atoms with E-state index in [9.17, 15) is 0 Å². The van der Waals surface area contributed by atoms with Crippen LogP contribution in [0.3, 0.4) is 0 Å². The number of guanidine groups is 2. The molecule has 6 N–H and O–H groups in total. The quantitative estimate of drug-likeness (QED) is 0.545. The highest BCUT2D eigenvalue weighted by molar-refractivity contribution is 5.94. The van der Waals surface area contributed by atoms with Gasteiger partial charge in [-0.2, -0.15) is 10.3 Å². The Bertz CT molecular complexity index is 602. The van der Waals surface area contributed by atoms with Crippen molar-refractivity contribution < 1.29 is 0 Å². The fourth-order valence-electron chi connectivity index (χ4n) is 2.37. The molecule has 0 radical (unpaired) electrons. The Labute approximate surface area is 123 Å². The summed E-state index contributed by atoms with van der Waals surface area (Å²) in [5.41, 5.74) is 18.4. The Hall–Kier alpha value is -2.75. The van der Waals surface area contributed by atoms with E-state index in [1.807, 2.05) is 6.07 Å². The van der Waals surface area contributed by atoms with Crippen molar-refractivity contribution in [1.29, 1.82) is 5.26 Å². The molecule has 0 atom stereocenters. The van der Waals surface area contributed by atoms with Gasteiger partial charge in [-0.25, -0.2) is 4.99 Å². The SMILES string of the molecule is N#Cc1ccc(N2CCCCC2)c(N=C(N)N=C(N)N)c1. The minimum absolute atomic E-state index is 0.0247. The Morgan fingerprint density at radius 2 is 1.86 bits per heavy atom. The topological polar surface area (TPSA) is 130 Å². The number of rotatable bonds is 2. The average molecular weight is 285 g/mol. The van der Waals surface area contributed by atoms with Crippen LogP contribution < -0.4 is 22.1 Å². The van der Waals surface area contributed by atoms with E-state index >= 15 is 0 Å². The molecule has 0 bridgehead atoms. The predicted molar refractivity (Wildman–Crippen MR) is 84.3 cm³/mol. The first kappa shape index (κ1) is 14.7. The predicted octanol–water partition coefficient (Wildman–Crippen LogP) is 0.768. The summed E-state index contributed by atoms with van der Waals surface area (Å²) >= 11 is 0. The van der Waals surface area contributed by atoms with E-state index in [1.54, 1.807) is 12.1 Å². The van der Waals surface area contributed by atoms with Crippen LogP contribution in [0, 0.1) is 11.3 Å². The van der Waals surface area contributed by atoms with Gasteiger partial charge in [0.05, 0.1) is 23.0 Å². The van der Waals surface area contributed by atoms with Crippen LogP contribution in [0.25, 0.3) is 0 Å². The number of nitrogens with two attached hydrogens (primary N) is 3. The molecule has 0 spiro atoms. The molecule has 7 nitrogen and oxygen atoms in total. The summed E-state index contributed by atoms with van der Waals surface area (Å²) in [6.45, 7) is 1.94. The van der Waals surface area contributed by atoms with Crippen LogP contribution >= 0.6 is 0 Å². The highest BCUT2D eigenvalue weighted by Crippen LogP contribution is 2.31. The van der Waals surface area contributed by atoms with E-state index in [0.717, 1.165) is 31.6 Å². The lowest BCUT2D eigenvalue weighted by Crippen LogP contribution is -2.29. The van der Waals surface area contributed by atoms with Gasteiger partial charge in [-0.3, -0.25) is 0 Å². The number of benzene rings is 1. The summed E-state index contributed by atoms with van der Waals surface area (Å²) in [5.74, 6) is -0.171. The van der Waals surface area contributed by atoms with Crippen LogP contribution in [0.15, 0.2) is 28.2 Å². The number of hydrogen-bond acceptors (Lipinski definition) is 3. The van der Waals surface area contributed by atoms with Gasteiger partial charge in [-0.1, -0.05) is 0 Å². The Kier molecular flexibility index (Phi) is 4.61. The maximum absolute atomic E-state index is 9.03. The summed E-state index contributed by atoms with van der Waals surface area (Å²) in [7, 11) is 0. The van der Waals surface area contributed by atoms with Crippen LogP contribution in [-0.2, 0) is 0 Å². The van der Waals surface area contributed by atoms with E-state index in [0.29, 0.717) is 11.3 Å². The Balaban J connectivity index is 2.40. The first-order valence-electron chi connectivity index (χ1n) is 6.83. The van der Waals surface area contributed by atoms with E-state index in [-0.39, 0.29) is 11.9 Å². The fraction of sp³-hybridized carbons (Fsp3) is 0.357. The van der Waals surface area contributed by atoms with Gasteiger partial charge in [0.1, 0.15) is 0 Å². The summed E-state index contributed by atoms with van der Waals surface area (Å²) < 4.78 is 0. The first-order chi connectivity index (χ1) is 10.1. The molecule has 110 valence electrons. The van der Waals surface area contributed by atoms with Crippen LogP contribution in [0.4, 0.5) is 11.4 Å². The molecule has 0 saturated carbocycles. The zero-order chi connectivity index (χ0) is 15.2. The molecule has 1 saturated heterocycles. The second-order valence-electron chi connectivity index (χ2n) is 4.87. The lowest BCUT2D eigenvalue weighted by Gasteiger charge is -2.29. The molecule has 1 heterocycles. The molecule has 7 heteroatoms. The number of anilines is 1. The van der Waals surface area contributed by atoms with Crippen molar-refractivity contribution in [2.75, 3.05) is 18.0 Å². The van der Waals surface area contributed by atoms with E-state index < -0.39 is 0 Å². The van der Waals surface area contributed by atoms with Gasteiger partial charge in [-0.05, 0) is 37.5 Å². The lowest BCUT2D eigenvalue weighted by atomic mass is 10.1. The summed E-state index contributed by atoms with van der Waals surface area (Å²) in [4.78, 5) is 10.2. The molecule has 0 amide bonds. The molecule has 2 rings (SSSR count). The van der Waals surface area contributed by atoms with Crippen LogP contribution in [0.2, 0.25) is 0 Å². The van der Waals surface area contributed by atoms with E-state index in [2.05, 4.69) is 21.0 Å². The van der Waals surface area contributed by atoms with Gasteiger partial charge >= 0.3 is 0 Å². The fourth-order valence-corrected chi connectivity index (χ4v) is 2.37. The lowest BCUT2D eigenvalue weighted by molar-refractivity contribution is 0.578. The van der Waals surface area contributed by atoms with E-state index in [4.69, 9.17) is 22.5 Å².